The van der Waals surface area contributed by atoms with Crippen molar-refractivity contribution in [3.05, 3.63) is 47.4 Å². The number of aromatic nitrogens is 6. The van der Waals surface area contributed by atoms with Gasteiger partial charge in [0.1, 0.15) is 0 Å². The topological polar surface area (TPSA) is 153 Å². The molecule has 4 rings (SSSR count). The minimum atomic E-state index is -0.485. The molecule has 4 aromatic rings. The summed E-state index contributed by atoms with van der Waals surface area (Å²) in [5.74, 6) is -0.232. The van der Waals surface area contributed by atoms with Crippen LogP contribution in [0.4, 0.5) is 5.82 Å². The minimum Gasteiger partial charge on any atom is -0.378 e. The molecule has 0 radical (unpaired) electrons. The maximum Gasteiger partial charge on any atom is 0.293 e. The second kappa shape index (κ2) is 7.31. The third kappa shape index (κ3) is 3.09. The Kier molecular flexibility index (Phi) is 4.54. The number of benzene rings is 1. The van der Waals surface area contributed by atoms with E-state index in [0.29, 0.717) is 12.1 Å². The van der Waals surface area contributed by atoms with Crippen molar-refractivity contribution in [2.45, 2.75) is 19.8 Å². The van der Waals surface area contributed by atoms with Gasteiger partial charge in [0.25, 0.3) is 5.91 Å². The summed E-state index contributed by atoms with van der Waals surface area (Å²) in [7, 11) is 0. The van der Waals surface area contributed by atoms with Crippen molar-refractivity contribution in [1.82, 2.24) is 35.7 Å². The Hall–Kier alpha value is -4.02. The van der Waals surface area contributed by atoms with Crippen molar-refractivity contribution < 1.29 is 9.42 Å². The highest BCUT2D eigenvalue weighted by molar-refractivity contribution is 6.00. The van der Waals surface area contributed by atoms with Crippen LogP contribution in [0.5, 0.6) is 0 Å². The Labute approximate surface area is 158 Å². The molecule has 3 aromatic heterocycles. The van der Waals surface area contributed by atoms with E-state index in [1.54, 1.807) is 6.21 Å². The molecule has 0 aliphatic heterocycles. The van der Waals surface area contributed by atoms with Gasteiger partial charge in [-0.15, -0.1) is 5.10 Å². The van der Waals surface area contributed by atoms with Crippen LogP contribution in [0, 0.1) is 0 Å². The van der Waals surface area contributed by atoms with E-state index in [-0.39, 0.29) is 17.3 Å². The highest BCUT2D eigenvalue weighted by Crippen LogP contribution is 2.17. The number of aromatic amines is 1. The number of H-pyrrole nitrogens is 1. The SMILES string of the molecule is CCCc1c(C(=O)N/N=C\c2c[nH]c3ccccc23)nnn1-c1nonc1N. The van der Waals surface area contributed by atoms with Gasteiger partial charge in [-0.1, -0.05) is 36.8 Å². The van der Waals surface area contributed by atoms with E-state index in [1.807, 2.05) is 37.4 Å². The number of rotatable bonds is 6. The van der Waals surface area contributed by atoms with Crippen LogP contribution in [0.3, 0.4) is 0 Å². The lowest BCUT2D eigenvalue weighted by Gasteiger charge is -2.03. The lowest BCUT2D eigenvalue weighted by atomic mass is 10.2. The molecule has 0 aliphatic rings. The summed E-state index contributed by atoms with van der Waals surface area (Å²) in [5, 5.41) is 20.2. The number of carbonyl (C=O) groups is 1. The number of hydrogen-bond donors (Lipinski definition) is 3. The van der Waals surface area contributed by atoms with E-state index in [0.717, 1.165) is 22.9 Å². The maximum atomic E-state index is 12.6. The summed E-state index contributed by atoms with van der Waals surface area (Å²) >= 11 is 0. The van der Waals surface area contributed by atoms with Crippen LogP contribution in [0.25, 0.3) is 16.7 Å². The molecule has 3 heterocycles. The third-order valence-electron chi connectivity index (χ3n) is 4.15. The van der Waals surface area contributed by atoms with Crippen LogP contribution in [0.15, 0.2) is 40.2 Å². The molecule has 0 saturated carbocycles. The Balaban J connectivity index is 1.56. The van der Waals surface area contributed by atoms with Crippen molar-refractivity contribution in [3.8, 4) is 5.82 Å². The number of carbonyl (C=O) groups excluding carboxylic acids is 1. The largest absolute Gasteiger partial charge is 0.378 e. The summed E-state index contributed by atoms with van der Waals surface area (Å²) in [6, 6.07) is 7.81. The summed E-state index contributed by atoms with van der Waals surface area (Å²) in [6.45, 7) is 1.97. The van der Waals surface area contributed by atoms with Crippen molar-refractivity contribution in [2.75, 3.05) is 5.73 Å². The van der Waals surface area contributed by atoms with Gasteiger partial charge in [-0.25, -0.2) is 10.1 Å². The first kappa shape index (κ1) is 17.4. The van der Waals surface area contributed by atoms with E-state index >= 15 is 0 Å². The summed E-state index contributed by atoms with van der Waals surface area (Å²) in [4.78, 5) is 15.7. The van der Waals surface area contributed by atoms with Gasteiger partial charge < -0.3 is 10.7 Å². The fourth-order valence-corrected chi connectivity index (χ4v) is 2.86. The number of fused-ring (bicyclic) bond motifs is 1. The summed E-state index contributed by atoms with van der Waals surface area (Å²) in [6.07, 6.45) is 4.69. The quantitative estimate of drug-likeness (QED) is 0.338. The lowest BCUT2D eigenvalue weighted by Crippen LogP contribution is -2.20. The van der Waals surface area contributed by atoms with E-state index in [2.05, 4.69) is 40.8 Å². The van der Waals surface area contributed by atoms with Gasteiger partial charge in [0.15, 0.2) is 5.69 Å². The van der Waals surface area contributed by atoms with Gasteiger partial charge >= 0.3 is 0 Å². The molecule has 0 aliphatic carbocycles. The fraction of sp³-hybridized carbons (Fsp3) is 0.176. The van der Waals surface area contributed by atoms with Gasteiger partial charge in [-0.3, -0.25) is 4.79 Å². The number of para-hydroxylation sites is 1. The normalized spacial score (nSPS) is 11.5. The number of hydrogen-bond acceptors (Lipinski definition) is 8. The zero-order valence-electron chi connectivity index (χ0n) is 15.0. The van der Waals surface area contributed by atoms with E-state index < -0.39 is 5.91 Å². The van der Waals surface area contributed by atoms with Crippen LogP contribution in [-0.4, -0.2) is 42.4 Å². The Morgan fingerprint density at radius 1 is 1.39 bits per heavy atom. The van der Waals surface area contributed by atoms with Crippen LogP contribution in [0.2, 0.25) is 0 Å². The fourth-order valence-electron chi connectivity index (χ4n) is 2.86. The molecule has 0 fully saturated rings. The van der Waals surface area contributed by atoms with Gasteiger partial charge in [0.05, 0.1) is 11.9 Å². The predicted octanol–water partition coefficient (Wildman–Crippen LogP) is 1.43. The average Bonchev–Trinajstić information content (AvgIpc) is 3.41. The third-order valence-corrected chi connectivity index (χ3v) is 4.15. The first-order valence-electron chi connectivity index (χ1n) is 8.61. The molecule has 28 heavy (non-hydrogen) atoms. The smallest absolute Gasteiger partial charge is 0.293 e. The Morgan fingerprint density at radius 2 is 2.25 bits per heavy atom. The first-order valence-corrected chi connectivity index (χ1v) is 8.61. The number of anilines is 1. The molecule has 11 nitrogen and oxygen atoms in total. The van der Waals surface area contributed by atoms with Crippen molar-refractivity contribution in [3.63, 3.8) is 0 Å². The van der Waals surface area contributed by atoms with Crippen LogP contribution >= 0.6 is 0 Å². The summed E-state index contributed by atoms with van der Waals surface area (Å²) in [5.41, 5.74) is 10.7. The molecule has 0 atom stereocenters. The number of nitrogen functional groups attached to an aromatic ring is 1. The molecule has 4 N–H and O–H groups in total. The molecule has 1 aromatic carbocycles. The van der Waals surface area contributed by atoms with Crippen LogP contribution in [0.1, 0.15) is 35.1 Å². The van der Waals surface area contributed by atoms with E-state index in [4.69, 9.17) is 5.73 Å². The zero-order chi connectivity index (χ0) is 19.5. The van der Waals surface area contributed by atoms with E-state index in [9.17, 15) is 4.79 Å². The molecule has 142 valence electrons. The molecule has 0 spiro atoms. The standard InChI is InChI=1S/C17H17N9O2/c1-2-5-13-14(21-25-26(13)16-15(18)23-28-24-16)17(27)22-20-9-10-8-19-12-7-4-3-6-11(10)12/h3-4,6-9,19H,2,5H2,1H3,(H2,18,23)(H,22,27)/b20-9-. The predicted molar refractivity (Wildman–Crippen MR) is 101 cm³/mol. The van der Waals surface area contributed by atoms with Gasteiger partial charge in [-0.2, -0.15) is 9.78 Å². The van der Waals surface area contributed by atoms with E-state index in [1.165, 1.54) is 4.68 Å². The molecular weight excluding hydrogens is 362 g/mol. The molecule has 0 unspecified atom stereocenters. The Bertz CT molecular complexity index is 1150. The number of nitrogens with two attached hydrogens (primary N) is 1. The lowest BCUT2D eigenvalue weighted by molar-refractivity contribution is 0.0949. The van der Waals surface area contributed by atoms with Crippen LogP contribution < -0.4 is 11.2 Å². The molecule has 0 bridgehead atoms. The first-order chi connectivity index (χ1) is 13.7. The highest BCUT2D eigenvalue weighted by atomic mass is 16.6. The van der Waals surface area contributed by atoms with Gasteiger partial charge in [0.2, 0.25) is 11.6 Å². The van der Waals surface area contributed by atoms with Crippen LogP contribution in [-0.2, 0) is 6.42 Å². The number of nitrogens with zero attached hydrogens (tertiary/aromatic N) is 6. The number of hydrazone groups is 1. The summed E-state index contributed by atoms with van der Waals surface area (Å²) < 4.78 is 5.96. The number of amides is 1. The number of nitrogens with one attached hydrogen (secondary N) is 2. The van der Waals surface area contributed by atoms with Crippen molar-refractivity contribution in [2.24, 2.45) is 5.10 Å². The molecule has 1 amide bonds. The second-order valence-corrected chi connectivity index (χ2v) is 6.01. The highest BCUT2D eigenvalue weighted by Gasteiger charge is 2.23. The van der Waals surface area contributed by atoms with Crippen molar-refractivity contribution in [1.29, 1.82) is 0 Å². The average molecular weight is 379 g/mol. The maximum absolute atomic E-state index is 12.6. The zero-order valence-corrected chi connectivity index (χ0v) is 15.0. The van der Waals surface area contributed by atoms with Gasteiger partial charge in [-0.05, 0) is 22.8 Å². The monoisotopic (exact) mass is 379 g/mol. The minimum absolute atomic E-state index is 0.0616. The van der Waals surface area contributed by atoms with Gasteiger partial charge in [0, 0.05) is 22.7 Å². The van der Waals surface area contributed by atoms with Crippen molar-refractivity contribution >= 4 is 28.8 Å². The Morgan fingerprint density at radius 3 is 3.04 bits per heavy atom. The molecule has 0 saturated heterocycles. The molecule has 11 heteroatoms. The second-order valence-electron chi connectivity index (χ2n) is 6.01. The molecular formula is C17H17N9O2.